The normalized spacial score (nSPS) is 31.7. The number of carbonyl (C=O) groups excluding carboxylic acids is 1. The first kappa shape index (κ1) is 14.4. The van der Waals surface area contributed by atoms with E-state index in [1.807, 2.05) is 6.92 Å². The lowest BCUT2D eigenvalue weighted by Gasteiger charge is -2.30. The van der Waals surface area contributed by atoms with E-state index in [1.165, 1.54) is 0 Å². The Labute approximate surface area is 129 Å². The van der Waals surface area contributed by atoms with Crippen LogP contribution in [0.2, 0.25) is 5.02 Å². The third-order valence-electron chi connectivity index (χ3n) is 4.58. The molecule has 2 aliphatic heterocycles. The van der Waals surface area contributed by atoms with Crippen molar-refractivity contribution in [1.29, 1.82) is 5.26 Å². The summed E-state index contributed by atoms with van der Waals surface area (Å²) in [6, 6.07) is 8.45. The second-order valence-electron chi connectivity index (χ2n) is 6.04. The molecule has 0 aromatic heterocycles. The molecule has 2 saturated heterocycles. The largest absolute Gasteiger partial charge is 0.374 e. The lowest BCUT2D eigenvalue weighted by atomic mass is 9.74. The molecule has 0 saturated carbocycles. The summed E-state index contributed by atoms with van der Waals surface area (Å²) in [7, 11) is 0. The first-order valence-electron chi connectivity index (χ1n) is 7.14. The van der Waals surface area contributed by atoms with Crippen molar-refractivity contribution in [3.8, 4) is 6.07 Å². The van der Waals surface area contributed by atoms with Gasteiger partial charge in [-0.1, -0.05) is 23.7 Å². The maximum absolute atomic E-state index is 12.6. The summed E-state index contributed by atoms with van der Waals surface area (Å²) in [5.74, 6) is -0.110. The first-order chi connectivity index (χ1) is 10.0. The van der Waals surface area contributed by atoms with Gasteiger partial charge in [0.25, 0.3) is 0 Å². The molecule has 5 heteroatoms. The highest BCUT2D eigenvalue weighted by Crippen LogP contribution is 2.47. The number of nitriles is 1. The van der Waals surface area contributed by atoms with E-state index in [0.717, 1.165) is 19.3 Å². The van der Waals surface area contributed by atoms with Gasteiger partial charge in [0, 0.05) is 5.02 Å². The second kappa shape index (κ2) is 5.32. The van der Waals surface area contributed by atoms with E-state index in [0.29, 0.717) is 10.6 Å². The number of ether oxygens (including phenoxy) is 1. The highest BCUT2D eigenvalue weighted by atomic mass is 35.5. The molecule has 2 fully saturated rings. The Morgan fingerprint density at radius 3 is 2.95 bits per heavy atom. The van der Waals surface area contributed by atoms with Crippen LogP contribution in [0.25, 0.3) is 0 Å². The molecular formula is C16H17ClN2O2. The van der Waals surface area contributed by atoms with Crippen LogP contribution in [-0.4, -0.2) is 18.1 Å². The van der Waals surface area contributed by atoms with Crippen molar-refractivity contribution >= 4 is 17.5 Å². The average Bonchev–Trinajstić information content (AvgIpc) is 3.05. The van der Waals surface area contributed by atoms with Gasteiger partial charge in [-0.2, -0.15) is 5.26 Å². The predicted octanol–water partition coefficient (Wildman–Crippen LogP) is 2.98. The summed E-state index contributed by atoms with van der Waals surface area (Å²) >= 11 is 5.95. The number of benzene rings is 1. The standard InChI is InChI=1S/C16H17ClN2O2/c1-16(8-12-5-6-14(16)21-12)15(20)19-13(9-18)10-3-2-4-11(17)7-10/h2-4,7,12-14H,5-6,8H2,1H3,(H,19,20)/t12-,13-,14-,16+/m1/s1. The summed E-state index contributed by atoms with van der Waals surface area (Å²) in [6.45, 7) is 1.93. The highest BCUT2D eigenvalue weighted by Gasteiger charge is 2.54. The molecule has 0 spiro atoms. The van der Waals surface area contributed by atoms with Crippen LogP contribution in [0.15, 0.2) is 24.3 Å². The average molecular weight is 305 g/mol. The van der Waals surface area contributed by atoms with Gasteiger partial charge >= 0.3 is 0 Å². The second-order valence-corrected chi connectivity index (χ2v) is 6.47. The highest BCUT2D eigenvalue weighted by molar-refractivity contribution is 6.30. The molecule has 2 bridgehead atoms. The van der Waals surface area contributed by atoms with Crippen molar-refractivity contribution < 1.29 is 9.53 Å². The van der Waals surface area contributed by atoms with Gasteiger partial charge in [0.15, 0.2) is 0 Å². The fourth-order valence-corrected chi connectivity index (χ4v) is 3.54. The molecule has 1 amide bonds. The maximum Gasteiger partial charge on any atom is 0.229 e. The van der Waals surface area contributed by atoms with E-state index >= 15 is 0 Å². The van der Waals surface area contributed by atoms with Crippen LogP contribution in [0.4, 0.5) is 0 Å². The number of nitrogens with zero attached hydrogens (tertiary/aromatic N) is 1. The molecule has 0 unspecified atom stereocenters. The SMILES string of the molecule is C[C@]1(C(=O)N[C@H](C#N)c2cccc(Cl)c2)C[C@H]2CC[C@H]1O2. The minimum absolute atomic E-state index is 0.0267. The molecule has 110 valence electrons. The molecule has 2 heterocycles. The minimum atomic E-state index is -0.688. The Morgan fingerprint density at radius 2 is 2.38 bits per heavy atom. The molecule has 4 nitrogen and oxygen atoms in total. The van der Waals surface area contributed by atoms with Gasteiger partial charge in [0.05, 0.1) is 23.7 Å². The van der Waals surface area contributed by atoms with Gasteiger partial charge in [0.2, 0.25) is 5.91 Å². The third kappa shape index (κ3) is 2.52. The summed E-state index contributed by atoms with van der Waals surface area (Å²) in [5, 5.41) is 12.7. The first-order valence-corrected chi connectivity index (χ1v) is 7.52. The van der Waals surface area contributed by atoms with E-state index in [1.54, 1.807) is 24.3 Å². The van der Waals surface area contributed by atoms with E-state index in [2.05, 4.69) is 11.4 Å². The Hall–Kier alpha value is -1.57. The van der Waals surface area contributed by atoms with Crippen molar-refractivity contribution in [3.05, 3.63) is 34.9 Å². The van der Waals surface area contributed by atoms with E-state index in [9.17, 15) is 10.1 Å². The summed E-state index contributed by atoms with van der Waals surface area (Å²) in [4.78, 5) is 12.6. The van der Waals surface area contributed by atoms with E-state index < -0.39 is 11.5 Å². The zero-order chi connectivity index (χ0) is 15.0. The van der Waals surface area contributed by atoms with Crippen molar-refractivity contribution in [2.45, 2.75) is 44.4 Å². The van der Waals surface area contributed by atoms with Crippen LogP contribution in [0.5, 0.6) is 0 Å². The molecule has 1 N–H and O–H groups in total. The van der Waals surface area contributed by atoms with Crippen molar-refractivity contribution in [2.75, 3.05) is 0 Å². The number of hydrogen-bond donors (Lipinski definition) is 1. The summed E-state index contributed by atoms with van der Waals surface area (Å²) in [6.07, 6.45) is 2.85. The van der Waals surface area contributed by atoms with Crippen LogP contribution in [0, 0.1) is 16.7 Å². The summed E-state index contributed by atoms with van der Waals surface area (Å²) < 4.78 is 5.78. The van der Waals surface area contributed by atoms with Crippen LogP contribution in [0.3, 0.4) is 0 Å². The number of carbonyl (C=O) groups is 1. The number of fused-ring (bicyclic) bond motifs is 2. The molecule has 0 aliphatic carbocycles. The van der Waals surface area contributed by atoms with Crippen LogP contribution in [-0.2, 0) is 9.53 Å². The fraction of sp³-hybridized carbons (Fsp3) is 0.500. The molecule has 2 aliphatic rings. The molecule has 3 rings (SSSR count). The number of amides is 1. The zero-order valence-corrected chi connectivity index (χ0v) is 12.6. The van der Waals surface area contributed by atoms with Gasteiger partial charge in [0.1, 0.15) is 6.04 Å². The Bertz CT molecular complexity index is 613. The predicted molar refractivity (Wildman–Crippen MR) is 78.6 cm³/mol. The number of hydrogen-bond acceptors (Lipinski definition) is 3. The third-order valence-corrected chi connectivity index (χ3v) is 4.81. The smallest absolute Gasteiger partial charge is 0.229 e. The maximum atomic E-state index is 12.6. The van der Waals surface area contributed by atoms with Crippen LogP contribution in [0.1, 0.15) is 37.8 Å². The summed E-state index contributed by atoms with van der Waals surface area (Å²) in [5.41, 5.74) is 0.169. The van der Waals surface area contributed by atoms with Crippen molar-refractivity contribution in [2.24, 2.45) is 5.41 Å². The van der Waals surface area contributed by atoms with Crippen molar-refractivity contribution in [1.82, 2.24) is 5.32 Å². The lowest BCUT2D eigenvalue weighted by molar-refractivity contribution is -0.133. The van der Waals surface area contributed by atoms with Crippen LogP contribution < -0.4 is 5.32 Å². The molecular weight excluding hydrogens is 288 g/mol. The van der Waals surface area contributed by atoms with Gasteiger partial charge < -0.3 is 10.1 Å². The Morgan fingerprint density at radius 1 is 1.57 bits per heavy atom. The Kier molecular flexibility index (Phi) is 3.64. The Balaban J connectivity index is 1.76. The van der Waals surface area contributed by atoms with Gasteiger partial charge in [-0.25, -0.2) is 0 Å². The number of nitrogens with one attached hydrogen (secondary N) is 1. The van der Waals surface area contributed by atoms with E-state index in [4.69, 9.17) is 16.3 Å². The molecule has 21 heavy (non-hydrogen) atoms. The van der Waals surface area contributed by atoms with Crippen molar-refractivity contribution in [3.63, 3.8) is 0 Å². The minimum Gasteiger partial charge on any atom is -0.374 e. The number of rotatable bonds is 3. The quantitative estimate of drug-likeness (QED) is 0.934. The topological polar surface area (TPSA) is 62.1 Å². The van der Waals surface area contributed by atoms with Gasteiger partial charge in [-0.05, 0) is 43.9 Å². The molecule has 1 aromatic rings. The molecule has 1 aromatic carbocycles. The molecule has 4 atom stereocenters. The zero-order valence-electron chi connectivity index (χ0n) is 11.8. The monoisotopic (exact) mass is 304 g/mol. The lowest BCUT2D eigenvalue weighted by Crippen LogP contribution is -2.46. The van der Waals surface area contributed by atoms with Crippen LogP contribution >= 0.6 is 11.6 Å². The molecule has 0 radical (unpaired) electrons. The number of halogens is 1. The van der Waals surface area contributed by atoms with Gasteiger partial charge in [-0.3, -0.25) is 4.79 Å². The van der Waals surface area contributed by atoms with E-state index in [-0.39, 0.29) is 18.1 Å². The fourth-order valence-electron chi connectivity index (χ4n) is 3.34. The van der Waals surface area contributed by atoms with Gasteiger partial charge in [-0.15, -0.1) is 0 Å².